The fraction of sp³-hybridized carbons (Fsp3) is 1.00. The summed E-state index contributed by atoms with van der Waals surface area (Å²) in [6.07, 6.45) is 8.62. The van der Waals surface area contributed by atoms with E-state index in [9.17, 15) is 5.11 Å². The normalized spacial score (nSPS) is 40.6. The molecule has 2 nitrogen and oxygen atoms in total. The van der Waals surface area contributed by atoms with Crippen molar-refractivity contribution in [3.63, 3.8) is 0 Å². The zero-order chi connectivity index (χ0) is 15.5. The molecule has 0 aromatic heterocycles. The van der Waals surface area contributed by atoms with Crippen molar-refractivity contribution in [2.24, 2.45) is 28.6 Å². The zero-order valence-corrected chi connectivity index (χ0v) is 14.6. The first-order valence-electron chi connectivity index (χ1n) is 9.03. The van der Waals surface area contributed by atoms with Gasteiger partial charge in [0.15, 0.2) is 6.29 Å². The lowest BCUT2D eigenvalue weighted by Gasteiger charge is -2.62. The molecule has 1 N–H and O–H groups in total. The molecule has 0 aromatic carbocycles. The molecule has 4 rings (SSSR count). The Morgan fingerprint density at radius 3 is 1.81 bits per heavy atom. The smallest absolute Gasteiger partial charge is 0.160 e. The van der Waals surface area contributed by atoms with Gasteiger partial charge in [0, 0.05) is 5.41 Å². The molecule has 0 saturated heterocycles. The minimum atomic E-state index is -0.662. The summed E-state index contributed by atoms with van der Waals surface area (Å²) in [5, 5.41) is 10.6. The van der Waals surface area contributed by atoms with Gasteiger partial charge in [-0.2, -0.15) is 0 Å². The molecule has 2 heteroatoms. The van der Waals surface area contributed by atoms with Crippen molar-refractivity contribution in [2.75, 3.05) is 0 Å². The SMILES string of the molecule is CCC(C)(C)[C@@H](O)OC(C)(C)C12CC3CC(CC(C3)C1)C2. The largest absolute Gasteiger partial charge is 0.367 e. The van der Waals surface area contributed by atoms with Crippen molar-refractivity contribution in [3.8, 4) is 0 Å². The van der Waals surface area contributed by atoms with Crippen molar-refractivity contribution in [1.82, 2.24) is 0 Å². The van der Waals surface area contributed by atoms with Crippen LogP contribution in [0.5, 0.6) is 0 Å². The predicted molar refractivity (Wildman–Crippen MR) is 85.8 cm³/mol. The van der Waals surface area contributed by atoms with Crippen molar-refractivity contribution < 1.29 is 9.84 Å². The molecule has 4 bridgehead atoms. The highest BCUT2D eigenvalue weighted by molar-refractivity contribution is 5.08. The molecule has 4 fully saturated rings. The molecule has 21 heavy (non-hydrogen) atoms. The van der Waals surface area contributed by atoms with Crippen molar-refractivity contribution in [1.29, 1.82) is 0 Å². The summed E-state index contributed by atoms with van der Waals surface area (Å²) in [5.41, 5.74) is -0.0685. The Hall–Kier alpha value is -0.0800. The van der Waals surface area contributed by atoms with E-state index in [1.807, 2.05) is 0 Å². The summed E-state index contributed by atoms with van der Waals surface area (Å²) in [5.74, 6) is 2.78. The summed E-state index contributed by atoms with van der Waals surface area (Å²) in [6, 6.07) is 0. The summed E-state index contributed by atoms with van der Waals surface area (Å²) < 4.78 is 6.33. The van der Waals surface area contributed by atoms with Crippen LogP contribution < -0.4 is 0 Å². The van der Waals surface area contributed by atoms with Gasteiger partial charge in [0.2, 0.25) is 0 Å². The topological polar surface area (TPSA) is 29.5 Å². The maximum atomic E-state index is 10.6. The number of rotatable bonds is 5. The standard InChI is InChI=1S/C19H34O2/c1-6-17(2,3)16(20)21-18(4,5)19-10-13-7-14(11-19)9-15(8-13)12-19/h13-16,20H,6-12H2,1-5H3/t13?,14?,15?,16-,19?/m0/s1. The van der Waals surface area contributed by atoms with Crippen LogP contribution in [-0.4, -0.2) is 17.0 Å². The van der Waals surface area contributed by atoms with Crippen molar-refractivity contribution >= 4 is 0 Å². The highest BCUT2D eigenvalue weighted by Gasteiger charge is 2.58. The van der Waals surface area contributed by atoms with E-state index >= 15 is 0 Å². The molecule has 0 amide bonds. The lowest BCUT2D eigenvalue weighted by molar-refractivity contribution is -0.277. The van der Waals surface area contributed by atoms with E-state index in [0.717, 1.165) is 24.2 Å². The van der Waals surface area contributed by atoms with E-state index in [-0.39, 0.29) is 11.0 Å². The Morgan fingerprint density at radius 2 is 1.43 bits per heavy atom. The molecule has 4 aliphatic carbocycles. The average molecular weight is 294 g/mol. The van der Waals surface area contributed by atoms with Gasteiger partial charge in [-0.1, -0.05) is 20.8 Å². The summed E-state index contributed by atoms with van der Waals surface area (Å²) in [4.78, 5) is 0. The van der Waals surface area contributed by atoms with Gasteiger partial charge in [-0.25, -0.2) is 0 Å². The minimum Gasteiger partial charge on any atom is -0.367 e. The van der Waals surface area contributed by atoms with E-state index < -0.39 is 6.29 Å². The Bertz CT molecular complexity index is 361. The first-order valence-corrected chi connectivity index (χ1v) is 9.03. The van der Waals surface area contributed by atoms with Crippen LogP contribution in [0.3, 0.4) is 0 Å². The molecule has 0 aromatic rings. The lowest BCUT2D eigenvalue weighted by Crippen LogP contribution is -2.58. The van der Waals surface area contributed by atoms with E-state index in [4.69, 9.17) is 4.74 Å². The van der Waals surface area contributed by atoms with Gasteiger partial charge >= 0.3 is 0 Å². The second-order valence-corrected chi connectivity index (χ2v) is 9.52. The number of aliphatic hydroxyl groups is 1. The van der Waals surface area contributed by atoms with Crippen LogP contribution in [0.1, 0.15) is 79.6 Å². The number of hydrogen-bond acceptors (Lipinski definition) is 2. The summed E-state index contributed by atoms with van der Waals surface area (Å²) >= 11 is 0. The zero-order valence-electron chi connectivity index (χ0n) is 14.6. The molecule has 0 heterocycles. The number of ether oxygens (including phenoxy) is 1. The lowest BCUT2D eigenvalue weighted by atomic mass is 9.46. The Balaban J connectivity index is 1.78. The van der Waals surface area contributed by atoms with Gasteiger partial charge in [0.25, 0.3) is 0 Å². The highest BCUT2D eigenvalue weighted by Crippen LogP contribution is 2.64. The third-order valence-electron chi connectivity index (χ3n) is 7.30. The van der Waals surface area contributed by atoms with Gasteiger partial charge in [-0.3, -0.25) is 0 Å². The van der Waals surface area contributed by atoms with Gasteiger partial charge in [-0.05, 0) is 82.0 Å². The molecule has 122 valence electrons. The summed E-state index contributed by atoms with van der Waals surface area (Å²) in [7, 11) is 0. The first kappa shape index (κ1) is 15.8. The maximum absolute atomic E-state index is 10.6. The van der Waals surface area contributed by atoms with Gasteiger partial charge < -0.3 is 9.84 Å². The number of aliphatic hydroxyl groups excluding tert-OH is 1. The van der Waals surface area contributed by atoms with Crippen LogP contribution in [-0.2, 0) is 4.74 Å². The van der Waals surface area contributed by atoms with Crippen LogP contribution in [0.25, 0.3) is 0 Å². The van der Waals surface area contributed by atoms with E-state index in [1.54, 1.807) is 0 Å². The van der Waals surface area contributed by atoms with Gasteiger partial charge in [0.1, 0.15) is 0 Å². The molecule has 4 aliphatic rings. The second-order valence-electron chi connectivity index (χ2n) is 9.52. The van der Waals surface area contributed by atoms with Crippen LogP contribution >= 0.6 is 0 Å². The molecule has 0 radical (unpaired) electrons. The fourth-order valence-corrected chi connectivity index (χ4v) is 5.59. The minimum absolute atomic E-state index is 0.167. The molecule has 0 spiro atoms. The molecule has 1 atom stereocenters. The van der Waals surface area contributed by atoms with E-state index in [2.05, 4.69) is 34.6 Å². The Labute approximate surface area is 130 Å². The van der Waals surface area contributed by atoms with E-state index in [0.29, 0.717) is 5.41 Å². The monoisotopic (exact) mass is 294 g/mol. The van der Waals surface area contributed by atoms with Crippen LogP contribution in [0.15, 0.2) is 0 Å². The van der Waals surface area contributed by atoms with Crippen LogP contribution in [0.4, 0.5) is 0 Å². The maximum Gasteiger partial charge on any atom is 0.160 e. The Morgan fingerprint density at radius 1 is 1.00 bits per heavy atom. The van der Waals surface area contributed by atoms with Crippen LogP contribution in [0, 0.1) is 28.6 Å². The second kappa shape index (κ2) is 4.96. The number of hydrogen-bond donors (Lipinski definition) is 1. The predicted octanol–water partition coefficient (Wildman–Crippen LogP) is 4.75. The first-order chi connectivity index (χ1) is 9.67. The van der Waals surface area contributed by atoms with E-state index in [1.165, 1.54) is 38.5 Å². The quantitative estimate of drug-likeness (QED) is 0.741. The van der Waals surface area contributed by atoms with Crippen LogP contribution in [0.2, 0.25) is 0 Å². The Kier molecular flexibility index (Phi) is 3.73. The summed E-state index contributed by atoms with van der Waals surface area (Å²) in [6.45, 7) is 10.8. The van der Waals surface area contributed by atoms with Crippen molar-refractivity contribution in [2.45, 2.75) is 91.5 Å². The average Bonchev–Trinajstić information content (AvgIpc) is 2.36. The van der Waals surface area contributed by atoms with Crippen molar-refractivity contribution in [3.05, 3.63) is 0 Å². The molecule has 0 unspecified atom stereocenters. The highest BCUT2D eigenvalue weighted by atomic mass is 16.6. The van der Waals surface area contributed by atoms with Gasteiger partial charge in [-0.15, -0.1) is 0 Å². The third-order valence-corrected chi connectivity index (χ3v) is 7.30. The molecular weight excluding hydrogens is 260 g/mol. The molecule has 4 saturated carbocycles. The molecule has 0 aliphatic heterocycles. The molecular formula is C19H34O2. The fourth-order valence-electron chi connectivity index (χ4n) is 5.59. The third kappa shape index (κ3) is 2.57. The van der Waals surface area contributed by atoms with Gasteiger partial charge in [0.05, 0.1) is 5.60 Å².